The number of aliphatic imine (C=N–C) groups is 1. The molecule has 2 N–H and O–H groups in total. The summed E-state index contributed by atoms with van der Waals surface area (Å²) in [6.45, 7) is 11.7. The first-order chi connectivity index (χ1) is 11.4. The van der Waals surface area contributed by atoms with Gasteiger partial charge in [-0.2, -0.15) is 0 Å². The molecule has 7 nitrogen and oxygen atoms in total. The predicted molar refractivity (Wildman–Crippen MR) is 110 cm³/mol. The number of nitrogens with zero attached hydrogens (tertiary/aromatic N) is 2. The molecule has 2 aliphatic rings. The van der Waals surface area contributed by atoms with Crippen molar-refractivity contribution in [3.8, 4) is 0 Å². The Kier molecular flexibility index (Phi) is 9.26. The van der Waals surface area contributed by atoms with Crippen LogP contribution in [-0.4, -0.2) is 67.5 Å². The van der Waals surface area contributed by atoms with Crippen LogP contribution < -0.4 is 10.6 Å². The molecule has 0 saturated carbocycles. The van der Waals surface area contributed by atoms with Crippen LogP contribution in [-0.2, 0) is 9.47 Å². The van der Waals surface area contributed by atoms with E-state index in [2.05, 4.69) is 22.5 Å². The molecule has 8 heteroatoms. The number of ether oxygens (including phenoxy) is 2. The molecule has 0 aliphatic carbocycles. The van der Waals surface area contributed by atoms with Gasteiger partial charge in [-0.3, -0.25) is 4.99 Å². The lowest BCUT2D eigenvalue weighted by atomic mass is 10.2. The van der Waals surface area contributed by atoms with Crippen molar-refractivity contribution in [3.05, 3.63) is 0 Å². The maximum absolute atomic E-state index is 11.9. The molecule has 0 aromatic heterocycles. The third-order valence-corrected chi connectivity index (χ3v) is 4.01. The molecule has 2 saturated heterocycles. The number of alkyl carbamates (subject to hydrolysis) is 1. The van der Waals surface area contributed by atoms with Crippen LogP contribution in [0.15, 0.2) is 4.99 Å². The minimum atomic E-state index is -0.472. The first kappa shape index (κ1) is 22.3. The zero-order chi connectivity index (χ0) is 17.6. The molecule has 2 fully saturated rings. The number of rotatable bonds is 4. The quantitative estimate of drug-likeness (QED) is 0.377. The molecule has 1 amide bonds. The molecule has 0 aromatic rings. The SMILES string of the molecule is CCNC(=NCC1CCCO1)N1CCC(NC(=O)OC(C)(C)C)C1.I. The second-order valence-corrected chi connectivity index (χ2v) is 7.41. The summed E-state index contributed by atoms with van der Waals surface area (Å²) < 4.78 is 11.0. The molecule has 0 bridgehead atoms. The molecule has 25 heavy (non-hydrogen) atoms. The van der Waals surface area contributed by atoms with Crippen molar-refractivity contribution in [2.24, 2.45) is 4.99 Å². The van der Waals surface area contributed by atoms with E-state index in [9.17, 15) is 4.79 Å². The molecule has 2 unspecified atom stereocenters. The summed E-state index contributed by atoms with van der Waals surface area (Å²) in [4.78, 5) is 18.8. The standard InChI is InChI=1S/C17H32N4O3.HI/c1-5-18-15(19-11-14-7-6-10-23-14)21-9-8-13(12-21)20-16(22)24-17(2,3)4;/h13-14H,5-12H2,1-4H3,(H,18,19)(H,20,22);1H. The van der Waals surface area contributed by atoms with Gasteiger partial charge in [-0.15, -0.1) is 24.0 Å². The van der Waals surface area contributed by atoms with Crippen LogP contribution in [0.5, 0.6) is 0 Å². The van der Waals surface area contributed by atoms with Gasteiger partial charge in [0.25, 0.3) is 0 Å². The molecule has 0 aromatic carbocycles. The van der Waals surface area contributed by atoms with E-state index in [1.54, 1.807) is 0 Å². The van der Waals surface area contributed by atoms with Crippen molar-refractivity contribution in [3.63, 3.8) is 0 Å². The highest BCUT2D eigenvalue weighted by molar-refractivity contribution is 14.0. The average molecular weight is 468 g/mol. The topological polar surface area (TPSA) is 75.2 Å². The average Bonchev–Trinajstić information content (AvgIpc) is 3.12. The van der Waals surface area contributed by atoms with Gasteiger partial charge in [-0.1, -0.05) is 0 Å². The Bertz CT molecular complexity index is 448. The van der Waals surface area contributed by atoms with E-state index >= 15 is 0 Å². The Hall–Kier alpha value is -0.770. The number of carbonyl (C=O) groups is 1. The van der Waals surface area contributed by atoms with E-state index in [1.165, 1.54) is 0 Å². The highest BCUT2D eigenvalue weighted by atomic mass is 127. The molecule has 2 atom stereocenters. The van der Waals surface area contributed by atoms with Crippen molar-refractivity contribution < 1.29 is 14.3 Å². The van der Waals surface area contributed by atoms with Crippen LogP contribution in [0.1, 0.15) is 47.0 Å². The number of hydrogen-bond acceptors (Lipinski definition) is 4. The Morgan fingerprint density at radius 2 is 2.12 bits per heavy atom. The second-order valence-electron chi connectivity index (χ2n) is 7.41. The minimum Gasteiger partial charge on any atom is -0.444 e. The van der Waals surface area contributed by atoms with E-state index in [-0.39, 0.29) is 42.2 Å². The number of carbonyl (C=O) groups excluding carboxylic acids is 1. The lowest BCUT2D eigenvalue weighted by molar-refractivity contribution is 0.0507. The Morgan fingerprint density at radius 1 is 1.36 bits per heavy atom. The monoisotopic (exact) mass is 468 g/mol. The van der Waals surface area contributed by atoms with Gasteiger partial charge < -0.3 is 25.0 Å². The molecule has 146 valence electrons. The summed E-state index contributed by atoms with van der Waals surface area (Å²) in [6.07, 6.45) is 3.00. The summed E-state index contributed by atoms with van der Waals surface area (Å²) in [7, 11) is 0. The number of hydrogen-bond donors (Lipinski definition) is 2. The van der Waals surface area contributed by atoms with Crippen LogP contribution in [0.4, 0.5) is 4.79 Å². The maximum Gasteiger partial charge on any atom is 0.407 e. The number of amides is 1. The van der Waals surface area contributed by atoms with E-state index in [4.69, 9.17) is 14.5 Å². The van der Waals surface area contributed by atoms with Crippen LogP contribution in [0.25, 0.3) is 0 Å². The second kappa shape index (κ2) is 10.4. The van der Waals surface area contributed by atoms with E-state index in [0.717, 1.165) is 51.5 Å². The minimum absolute atomic E-state index is 0. The predicted octanol–water partition coefficient (Wildman–Crippen LogP) is 2.35. The van der Waals surface area contributed by atoms with Gasteiger partial charge in [0, 0.05) is 26.2 Å². The summed E-state index contributed by atoms with van der Waals surface area (Å²) in [5, 5.41) is 6.29. The van der Waals surface area contributed by atoms with Crippen LogP contribution >= 0.6 is 24.0 Å². The Balaban J connectivity index is 0.00000312. The largest absolute Gasteiger partial charge is 0.444 e. The zero-order valence-electron chi connectivity index (χ0n) is 15.8. The first-order valence-electron chi connectivity index (χ1n) is 9.01. The normalized spacial score (nSPS) is 24.0. The third-order valence-electron chi connectivity index (χ3n) is 4.01. The Labute approximate surface area is 168 Å². The zero-order valence-corrected chi connectivity index (χ0v) is 18.2. The molecule has 2 rings (SSSR count). The van der Waals surface area contributed by atoms with Crippen molar-refractivity contribution in [2.75, 3.05) is 32.8 Å². The fraction of sp³-hybridized carbons (Fsp3) is 0.882. The number of likely N-dealkylation sites (tertiary alicyclic amines) is 1. The summed E-state index contributed by atoms with van der Waals surface area (Å²) in [6, 6.07) is 0.0893. The fourth-order valence-electron chi connectivity index (χ4n) is 2.95. The summed E-state index contributed by atoms with van der Waals surface area (Å²) >= 11 is 0. The molecule has 0 radical (unpaired) electrons. The van der Waals surface area contributed by atoms with Crippen molar-refractivity contribution in [1.82, 2.24) is 15.5 Å². The summed E-state index contributed by atoms with van der Waals surface area (Å²) in [5.74, 6) is 0.904. The van der Waals surface area contributed by atoms with Gasteiger partial charge in [0.05, 0.1) is 18.7 Å². The van der Waals surface area contributed by atoms with Crippen LogP contribution in [0, 0.1) is 0 Å². The van der Waals surface area contributed by atoms with Gasteiger partial charge >= 0.3 is 6.09 Å². The molecular formula is C17H33IN4O3. The van der Waals surface area contributed by atoms with Gasteiger partial charge in [0.2, 0.25) is 0 Å². The van der Waals surface area contributed by atoms with Gasteiger partial charge in [-0.05, 0) is 47.0 Å². The van der Waals surface area contributed by atoms with Crippen LogP contribution in [0.2, 0.25) is 0 Å². The number of nitrogens with one attached hydrogen (secondary N) is 2. The van der Waals surface area contributed by atoms with Gasteiger partial charge in [0.15, 0.2) is 5.96 Å². The Morgan fingerprint density at radius 3 is 2.72 bits per heavy atom. The number of guanidine groups is 1. The smallest absolute Gasteiger partial charge is 0.407 e. The molecule has 0 spiro atoms. The maximum atomic E-state index is 11.9. The van der Waals surface area contributed by atoms with Crippen molar-refractivity contribution in [2.45, 2.75) is 64.7 Å². The third kappa shape index (κ3) is 7.98. The molecular weight excluding hydrogens is 435 g/mol. The summed E-state index contributed by atoms with van der Waals surface area (Å²) in [5.41, 5.74) is -0.472. The molecule has 2 aliphatic heterocycles. The van der Waals surface area contributed by atoms with Gasteiger partial charge in [0.1, 0.15) is 5.60 Å². The van der Waals surface area contributed by atoms with E-state index in [1.807, 2.05) is 20.8 Å². The highest BCUT2D eigenvalue weighted by Crippen LogP contribution is 2.14. The van der Waals surface area contributed by atoms with Gasteiger partial charge in [-0.25, -0.2) is 4.79 Å². The van der Waals surface area contributed by atoms with Crippen LogP contribution in [0.3, 0.4) is 0 Å². The lowest BCUT2D eigenvalue weighted by Gasteiger charge is -2.23. The number of halogens is 1. The van der Waals surface area contributed by atoms with Crippen molar-refractivity contribution in [1.29, 1.82) is 0 Å². The highest BCUT2D eigenvalue weighted by Gasteiger charge is 2.28. The van der Waals surface area contributed by atoms with E-state index < -0.39 is 5.60 Å². The fourth-order valence-corrected chi connectivity index (χ4v) is 2.95. The first-order valence-corrected chi connectivity index (χ1v) is 9.01. The van der Waals surface area contributed by atoms with Crippen molar-refractivity contribution >= 4 is 36.0 Å². The van der Waals surface area contributed by atoms with E-state index in [0.29, 0.717) is 6.54 Å². The molecule has 2 heterocycles. The lowest BCUT2D eigenvalue weighted by Crippen LogP contribution is -2.44.